The van der Waals surface area contributed by atoms with Crippen molar-refractivity contribution < 1.29 is 32.4 Å². The van der Waals surface area contributed by atoms with Crippen LogP contribution in [-0.4, -0.2) is 95.2 Å². The van der Waals surface area contributed by atoms with Gasteiger partial charge in [-0.15, -0.1) is 0 Å². The van der Waals surface area contributed by atoms with Crippen molar-refractivity contribution in [3.8, 4) is 0 Å². The van der Waals surface area contributed by atoms with E-state index in [9.17, 15) is 27.9 Å². The third-order valence-corrected chi connectivity index (χ3v) is 11.8. The Labute approximate surface area is 278 Å². The number of piperidine rings is 1. The number of nitrogens with one attached hydrogen (secondary N) is 3. The van der Waals surface area contributed by atoms with Crippen LogP contribution in [0.5, 0.6) is 0 Å². The highest BCUT2D eigenvalue weighted by Gasteiger charge is 2.46. The summed E-state index contributed by atoms with van der Waals surface area (Å²) in [6.45, 7) is 9.33. The van der Waals surface area contributed by atoms with Gasteiger partial charge >= 0.3 is 0 Å². The van der Waals surface area contributed by atoms with E-state index in [2.05, 4.69) is 21.1 Å². The van der Waals surface area contributed by atoms with E-state index < -0.39 is 56.2 Å². The van der Waals surface area contributed by atoms with Crippen molar-refractivity contribution >= 4 is 27.6 Å². The molecule has 1 aliphatic heterocycles. The Morgan fingerprint density at radius 3 is 2.28 bits per heavy atom. The number of hydrogen-bond acceptors (Lipinski definition) is 9. The summed E-state index contributed by atoms with van der Waals surface area (Å²) in [6.07, 6.45) is 6.52. The number of aliphatic hydroxyl groups excluding tert-OH is 1. The minimum atomic E-state index is -3.88. The first-order valence-corrected chi connectivity index (χ1v) is 18.3. The minimum absolute atomic E-state index is 0.0811. The summed E-state index contributed by atoms with van der Waals surface area (Å²) in [5, 5.41) is 23.9. The molecule has 4 rings (SSSR count). The maximum Gasteiger partial charge on any atom is 0.290 e. The molecule has 1 saturated heterocycles. The zero-order valence-corrected chi connectivity index (χ0v) is 29.2. The predicted octanol–water partition coefficient (Wildman–Crippen LogP) is 2.48. The van der Waals surface area contributed by atoms with Crippen molar-refractivity contribution in [1.82, 2.24) is 26.0 Å². The first kappa shape index (κ1) is 36.5. The highest BCUT2D eigenvalue weighted by molar-refractivity contribution is 7.92. The number of hydrogen-bond donors (Lipinski definition) is 4. The molecule has 2 fully saturated rings. The minimum Gasteiger partial charge on any atom is -0.390 e. The molecule has 260 valence electrons. The van der Waals surface area contributed by atoms with Crippen LogP contribution in [0.4, 0.5) is 0 Å². The fourth-order valence-corrected chi connectivity index (χ4v) is 7.31. The summed E-state index contributed by atoms with van der Waals surface area (Å²) in [6, 6.07) is 7.79. The molecule has 6 atom stereocenters. The molecule has 1 saturated carbocycles. The molecule has 0 bridgehead atoms. The standard InChI is InChI=1S/C34H51N5O7S/c1-33(2,3)38-30(41)26-19-23-14-10-11-15-24(23)20-39(26)21-27(40)25(18-22-12-8-7-9-13-22)36-32(43)29(34(4,5)47(6,44)45)37-31(42)28-16-17-35-46-28/h7-9,12-13,16-17,23-27,29,40H,10-11,14-15,18-21H2,1-6H3,(H,36,43)(H,37,42)(H,38,41). The zero-order chi connectivity index (χ0) is 34.6. The lowest BCUT2D eigenvalue weighted by molar-refractivity contribution is -0.133. The van der Waals surface area contributed by atoms with Crippen molar-refractivity contribution in [3.63, 3.8) is 0 Å². The van der Waals surface area contributed by atoms with E-state index in [1.54, 1.807) is 0 Å². The molecule has 1 aromatic carbocycles. The number of aliphatic hydroxyl groups is 1. The number of fused-ring (bicyclic) bond motifs is 1. The highest BCUT2D eigenvalue weighted by Crippen LogP contribution is 2.39. The highest BCUT2D eigenvalue weighted by atomic mass is 32.2. The van der Waals surface area contributed by atoms with E-state index in [-0.39, 0.29) is 24.6 Å². The van der Waals surface area contributed by atoms with Gasteiger partial charge in [0, 0.05) is 31.0 Å². The van der Waals surface area contributed by atoms with Gasteiger partial charge in [0.15, 0.2) is 9.84 Å². The molecule has 13 heteroatoms. The molecule has 2 aromatic rings. The monoisotopic (exact) mass is 673 g/mol. The van der Waals surface area contributed by atoms with E-state index in [1.165, 1.54) is 26.1 Å². The molecule has 0 spiro atoms. The quantitative estimate of drug-likeness (QED) is 0.264. The van der Waals surface area contributed by atoms with Gasteiger partial charge < -0.3 is 25.6 Å². The molecular weight excluding hydrogens is 622 g/mol. The van der Waals surface area contributed by atoms with Gasteiger partial charge in [0.1, 0.15) is 6.04 Å². The van der Waals surface area contributed by atoms with Crippen LogP contribution in [0.3, 0.4) is 0 Å². The number of carbonyl (C=O) groups excluding carboxylic acids is 3. The van der Waals surface area contributed by atoms with Crippen molar-refractivity contribution in [2.45, 2.75) is 108 Å². The first-order valence-electron chi connectivity index (χ1n) is 16.5. The fourth-order valence-electron chi connectivity index (χ4n) is 6.72. The summed E-state index contributed by atoms with van der Waals surface area (Å²) in [5.41, 5.74) is 0.418. The molecule has 4 N–H and O–H groups in total. The van der Waals surface area contributed by atoms with Gasteiger partial charge in [0.05, 0.1) is 29.1 Å². The number of β-amino-alcohol motifs (C(OH)–C–C–N with tert-alkyl or cyclic N) is 1. The lowest BCUT2D eigenvalue weighted by Crippen LogP contribution is -2.64. The Morgan fingerprint density at radius 1 is 1.02 bits per heavy atom. The Hall–Kier alpha value is -3.29. The van der Waals surface area contributed by atoms with Crippen molar-refractivity contribution in [3.05, 3.63) is 53.9 Å². The number of nitrogens with zero attached hydrogens (tertiary/aromatic N) is 2. The van der Waals surface area contributed by atoms with Crippen LogP contribution in [-0.2, 0) is 25.8 Å². The maximum atomic E-state index is 14.0. The smallest absolute Gasteiger partial charge is 0.290 e. The third kappa shape index (κ3) is 9.41. The van der Waals surface area contributed by atoms with Gasteiger partial charge in [-0.05, 0) is 71.3 Å². The molecule has 47 heavy (non-hydrogen) atoms. The molecule has 2 aliphatic rings. The summed E-state index contributed by atoms with van der Waals surface area (Å²) < 4.78 is 29.0. The fraction of sp³-hybridized carbons (Fsp3) is 0.647. The molecule has 12 nitrogen and oxygen atoms in total. The van der Waals surface area contributed by atoms with Crippen LogP contribution in [0.15, 0.2) is 47.1 Å². The van der Waals surface area contributed by atoms with Crippen molar-refractivity contribution in [2.75, 3.05) is 19.3 Å². The summed E-state index contributed by atoms with van der Waals surface area (Å²) in [4.78, 5) is 42.6. The molecule has 3 amide bonds. The SMILES string of the molecule is CC(C)(C)NC(=O)C1CC2CCCCC2CN1CC(O)C(Cc1ccccc1)NC(=O)C(NC(=O)c1ccno1)C(C)(C)S(C)(=O)=O. The van der Waals surface area contributed by atoms with Crippen LogP contribution < -0.4 is 16.0 Å². The van der Waals surface area contributed by atoms with Gasteiger partial charge in [-0.2, -0.15) is 0 Å². The molecule has 2 heterocycles. The second-order valence-corrected chi connectivity index (χ2v) is 17.4. The molecule has 1 aliphatic carbocycles. The number of rotatable bonds is 12. The molecule has 1 aromatic heterocycles. The first-order chi connectivity index (χ1) is 22.0. The van der Waals surface area contributed by atoms with Crippen molar-refractivity contribution in [2.24, 2.45) is 11.8 Å². The Morgan fingerprint density at radius 2 is 1.68 bits per heavy atom. The normalized spacial score (nSPS) is 22.7. The van der Waals surface area contributed by atoms with E-state index in [4.69, 9.17) is 4.52 Å². The largest absolute Gasteiger partial charge is 0.390 e. The average Bonchev–Trinajstić information content (AvgIpc) is 3.53. The number of likely N-dealkylation sites (tertiary alicyclic amines) is 1. The molecule has 6 unspecified atom stereocenters. The summed E-state index contributed by atoms with van der Waals surface area (Å²) in [7, 11) is -3.88. The zero-order valence-electron chi connectivity index (χ0n) is 28.4. The maximum absolute atomic E-state index is 14.0. The molecule has 0 radical (unpaired) electrons. The van der Waals surface area contributed by atoms with Crippen LogP contribution in [0.25, 0.3) is 0 Å². The van der Waals surface area contributed by atoms with E-state index in [1.807, 2.05) is 56.0 Å². The van der Waals surface area contributed by atoms with Crippen LogP contribution in [0.1, 0.15) is 82.8 Å². The van der Waals surface area contributed by atoms with Crippen molar-refractivity contribution in [1.29, 1.82) is 0 Å². The van der Waals surface area contributed by atoms with Gasteiger partial charge in [0.2, 0.25) is 17.6 Å². The van der Waals surface area contributed by atoms with Gasteiger partial charge in [-0.1, -0.05) is 54.8 Å². The molecular formula is C34H51N5O7S. The van der Waals surface area contributed by atoms with Gasteiger partial charge in [-0.25, -0.2) is 8.42 Å². The number of aromatic nitrogens is 1. The topological polar surface area (TPSA) is 171 Å². The van der Waals surface area contributed by atoms with E-state index in [0.717, 1.165) is 37.5 Å². The summed E-state index contributed by atoms with van der Waals surface area (Å²) in [5.74, 6) is -0.979. The van der Waals surface area contributed by atoms with Crippen LogP contribution >= 0.6 is 0 Å². The Balaban J connectivity index is 1.62. The van der Waals surface area contributed by atoms with Crippen LogP contribution in [0.2, 0.25) is 0 Å². The lowest BCUT2D eigenvalue weighted by atomic mass is 9.72. The number of benzene rings is 1. The Kier molecular flexibility index (Phi) is 11.6. The average molecular weight is 674 g/mol. The van der Waals surface area contributed by atoms with Crippen LogP contribution in [0, 0.1) is 11.8 Å². The second-order valence-electron chi connectivity index (χ2n) is 14.8. The third-order valence-electron chi connectivity index (χ3n) is 9.67. The predicted molar refractivity (Wildman–Crippen MR) is 178 cm³/mol. The lowest BCUT2D eigenvalue weighted by Gasteiger charge is -2.47. The number of carbonyl (C=O) groups is 3. The number of sulfone groups is 1. The van der Waals surface area contributed by atoms with E-state index >= 15 is 0 Å². The Bertz CT molecular complexity index is 1470. The van der Waals surface area contributed by atoms with Gasteiger partial charge in [-0.3, -0.25) is 19.3 Å². The number of amides is 3. The summed E-state index contributed by atoms with van der Waals surface area (Å²) >= 11 is 0. The van der Waals surface area contributed by atoms with E-state index in [0.29, 0.717) is 24.8 Å². The second kappa shape index (κ2) is 14.9. The van der Waals surface area contributed by atoms with Gasteiger partial charge in [0.25, 0.3) is 5.91 Å².